The van der Waals surface area contributed by atoms with Gasteiger partial charge in [0.05, 0.1) is 31.6 Å². The van der Waals surface area contributed by atoms with E-state index in [1.54, 1.807) is 12.1 Å². The molecule has 3 N–H and O–H groups in total. The third-order valence-electron chi connectivity index (χ3n) is 4.42. The van der Waals surface area contributed by atoms with Crippen molar-refractivity contribution in [2.24, 2.45) is 5.73 Å². The Morgan fingerprint density at radius 2 is 1.92 bits per heavy atom. The van der Waals surface area contributed by atoms with E-state index in [9.17, 15) is 9.59 Å². The van der Waals surface area contributed by atoms with E-state index in [0.717, 1.165) is 44.5 Å². The van der Waals surface area contributed by atoms with Gasteiger partial charge in [-0.2, -0.15) is 0 Å². The molecule has 1 amide bonds. The molecule has 1 aliphatic rings. The molecule has 0 spiro atoms. The Kier molecular flexibility index (Phi) is 8.37. The number of ether oxygens (including phenoxy) is 2. The SMILES string of the molecule is COC(=O)c1cc(N2CCOCC2)ccc1NC(=O)CCCCCCN. The van der Waals surface area contributed by atoms with Gasteiger partial charge in [-0.3, -0.25) is 4.79 Å². The Morgan fingerprint density at radius 3 is 2.62 bits per heavy atom. The third kappa shape index (κ3) is 6.00. The Labute approximate surface area is 154 Å². The fraction of sp³-hybridized carbons (Fsp3) is 0.579. The minimum atomic E-state index is -0.460. The molecule has 0 saturated carbocycles. The standard InChI is InChI=1S/C19H29N3O4/c1-25-19(24)16-14-15(22-10-12-26-13-11-22)7-8-17(16)21-18(23)6-4-2-3-5-9-20/h7-8,14H,2-6,9-13,20H2,1H3,(H,21,23). The number of hydrogen-bond acceptors (Lipinski definition) is 6. The number of carbonyl (C=O) groups is 2. The van der Waals surface area contributed by atoms with E-state index in [1.165, 1.54) is 7.11 Å². The average Bonchev–Trinajstić information content (AvgIpc) is 2.68. The van der Waals surface area contributed by atoms with Gasteiger partial charge in [0, 0.05) is 25.2 Å². The lowest BCUT2D eigenvalue weighted by Crippen LogP contribution is -2.36. The number of esters is 1. The number of morpholine rings is 1. The highest BCUT2D eigenvalue weighted by molar-refractivity contribution is 6.02. The van der Waals surface area contributed by atoms with E-state index >= 15 is 0 Å². The molecular weight excluding hydrogens is 334 g/mol. The van der Waals surface area contributed by atoms with Gasteiger partial charge in [0.25, 0.3) is 0 Å². The maximum absolute atomic E-state index is 12.2. The normalized spacial score (nSPS) is 14.2. The van der Waals surface area contributed by atoms with Crippen LogP contribution in [0, 0.1) is 0 Å². The maximum atomic E-state index is 12.2. The first kappa shape index (κ1) is 20.2. The van der Waals surface area contributed by atoms with Crippen LogP contribution in [0.1, 0.15) is 42.5 Å². The number of methoxy groups -OCH3 is 1. The Hall–Kier alpha value is -2.12. The van der Waals surface area contributed by atoms with Crippen LogP contribution < -0.4 is 16.0 Å². The smallest absolute Gasteiger partial charge is 0.340 e. The molecular formula is C19H29N3O4. The van der Waals surface area contributed by atoms with Crippen LogP contribution in [-0.4, -0.2) is 51.8 Å². The molecule has 0 aromatic heterocycles. The summed E-state index contributed by atoms with van der Waals surface area (Å²) in [6, 6.07) is 5.45. The van der Waals surface area contributed by atoms with E-state index in [0.29, 0.717) is 37.4 Å². The van der Waals surface area contributed by atoms with Crippen molar-refractivity contribution in [1.29, 1.82) is 0 Å². The Bertz CT molecular complexity index is 600. The number of nitrogens with two attached hydrogens (primary N) is 1. The molecule has 144 valence electrons. The van der Waals surface area contributed by atoms with Crippen LogP contribution in [0.5, 0.6) is 0 Å². The second kappa shape index (κ2) is 10.8. The quantitative estimate of drug-likeness (QED) is 0.516. The van der Waals surface area contributed by atoms with Crippen LogP contribution in [0.3, 0.4) is 0 Å². The van der Waals surface area contributed by atoms with Crippen LogP contribution in [0.15, 0.2) is 18.2 Å². The summed E-state index contributed by atoms with van der Waals surface area (Å²) in [5, 5.41) is 2.84. The van der Waals surface area contributed by atoms with E-state index < -0.39 is 5.97 Å². The second-order valence-corrected chi connectivity index (χ2v) is 6.32. The number of hydrogen-bond donors (Lipinski definition) is 2. The van der Waals surface area contributed by atoms with Gasteiger partial charge in [0.15, 0.2) is 0 Å². The molecule has 2 rings (SSSR count). The molecule has 0 radical (unpaired) electrons. The minimum absolute atomic E-state index is 0.0953. The molecule has 26 heavy (non-hydrogen) atoms. The predicted molar refractivity (Wildman–Crippen MR) is 102 cm³/mol. The molecule has 1 heterocycles. The van der Waals surface area contributed by atoms with Crippen LogP contribution in [-0.2, 0) is 14.3 Å². The lowest BCUT2D eigenvalue weighted by Gasteiger charge is -2.29. The highest BCUT2D eigenvalue weighted by Crippen LogP contribution is 2.25. The highest BCUT2D eigenvalue weighted by atomic mass is 16.5. The molecule has 7 heteroatoms. The van der Waals surface area contributed by atoms with E-state index in [4.69, 9.17) is 15.2 Å². The van der Waals surface area contributed by atoms with Gasteiger partial charge in [-0.1, -0.05) is 12.8 Å². The van der Waals surface area contributed by atoms with Crippen molar-refractivity contribution in [3.05, 3.63) is 23.8 Å². The number of rotatable bonds is 9. The van der Waals surface area contributed by atoms with Gasteiger partial charge in [0.1, 0.15) is 0 Å². The van der Waals surface area contributed by atoms with Gasteiger partial charge in [0.2, 0.25) is 5.91 Å². The van der Waals surface area contributed by atoms with Crippen LogP contribution in [0.25, 0.3) is 0 Å². The number of benzene rings is 1. The fourth-order valence-corrected chi connectivity index (χ4v) is 2.93. The third-order valence-corrected chi connectivity index (χ3v) is 4.42. The molecule has 0 aliphatic carbocycles. The first-order valence-electron chi connectivity index (χ1n) is 9.20. The van der Waals surface area contributed by atoms with Crippen molar-refractivity contribution in [1.82, 2.24) is 0 Å². The number of unbranched alkanes of at least 4 members (excludes halogenated alkanes) is 3. The van der Waals surface area contributed by atoms with E-state index in [2.05, 4.69) is 10.2 Å². The highest BCUT2D eigenvalue weighted by Gasteiger charge is 2.18. The monoisotopic (exact) mass is 363 g/mol. The molecule has 0 atom stereocenters. The van der Waals surface area contributed by atoms with Gasteiger partial charge < -0.3 is 25.4 Å². The molecule has 1 fully saturated rings. The fourth-order valence-electron chi connectivity index (χ4n) is 2.93. The zero-order chi connectivity index (χ0) is 18.8. The lowest BCUT2D eigenvalue weighted by molar-refractivity contribution is -0.116. The first-order chi connectivity index (χ1) is 12.7. The number of amides is 1. The van der Waals surface area contributed by atoms with Crippen molar-refractivity contribution in [2.75, 3.05) is 50.2 Å². The average molecular weight is 363 g/mol. The van der Waals surface area contributed by atoms with Gasteiger partial charge in [-0.05, 0) is 37.6 Å². The Balaban J connectivity index is 2.02. The van der Waals surface area contributed by atoms with Crippen molar-refractivity contribution in [2.45, 2.75) is 32.1 Å². The van der Waals surface area contributed by atoms with Gasteiger partial charge in [-0.15, -0.1) is 0 Å². The van der Waals surface area contributed by atoms with Crippen LogP contribution in [0.4, 0.5) is 11.4 Å². The van der Waals surface area contributed by atoms with E-state index in [-0.39, 0.29) is 5.91 Å². The lowest BCUT2D eigenvalue weighted by atomic mass is 10.1. The van der Waals surface area contributed by atoms with Crippen molar-refractivity contribution < 1.29 is 19.1 Å². The summed E-state index contributed by atoms with van der Waals surface area (Å²) >= 11 is 0. The largest absolute Gasteiger partial charge is 0.465 e. The molecule has 1 aromatic carbocycles. The molecule has 7 nitrogen and oxygen atoms in total. The van der Waals surface area contributed by atoms with Gasteiger partial charge >= 0.3 is 5.97 Å². The summed E-state index contributed by atoms with van der Waals surface area (Å²) in [4.78, 5) is 26.5. The zero-order valence-electron chi connectivity index (χ0n) is 15.5. The minimum Gasteiger partial charge on any atom is -0.465 e. The Morgan fingerprint density at radius 1 is 1.19 bits per heavy atom. The summed E-state index contributed by atoms with van der Waals surface area (Å²) < 4.78 is 10.2. The molecule has 0 unspecified atom stereocenters. The molecule has 1 saturated heterocycles. The van der Waals surface area contributed by atoms with E-state index in [1.807, 2.05) is 6.07 Å². The zero-order valence-corrected chi connectivity index (χ0v) is 15.5. The van der Waals surface area contributed by atoms with Crippen LogP contribution in [0.2, 0.25) is 0 Å². The van der Waals surface area contributed by atoms with Gasteiger partial charge in [-0.25, -0.2) is 4.79 Å². The summed E-state index contributed by atoms with van der Waals surface area (Å²) in [5.41, 5.74) is 7.24. The summed E-state index contributed by atoms with van der Waals surface area (Å²) in [6.45, 7) is 3.56. The topological polar surface area (TPSA) is 93.9 Å². The maximum Gasteiger partial charge on any atom is 0.340 e. The predicted octanol–water partition coefficient (Wildman–Crippen LogP) is 2.16. The summed E-state index contributed by atoms with van der Waals surface area (Å²) in [6.07, 6.45) is 4.23. The summed E-state index contributed by atoms with van der Waals surface area (Å²) in [7, 11) is 1.34. The molecule has 1 aromatic rings. The number of anilines is 2. The van der Waals surface area contributed by atoms with Crippen molar-refractivity contribution >= 4 is 23.3 Å². The van der Waals surface area contributed by atoms with Crippen molar-refractivity contribution in [3.8, 4) is 0 Å². The second-order valence-electron chi connectivity index (χ2n) is 6.32. The summed E-state index contributed by atoms with van der Waals surface area (Å²) in [5.74, 6) is -0.555. The molecule has 1 aliphatic heterocycles. The number of nitrogens with zero attached hydrogens (tertiary/aromatic N) is 1. The van der Waals surface area contributed by atoms with Crippen LogP contribution >= 0.6 is 0 Å². The number of carbonyl (C=O) groups excluding carboxylic acids is 2. The number of nitrogens with one attached hydrogen (secondary N) is 1. The first-order valence-corrected chi connectivity index (χ1v) is 9.20. The molecule has 0 bridgehead atoms. The van der Waals surface area contributed by atoms with Crippen molar-refractivity contribution in [3.63, 3.8) is 0 Å².